The number of benzene rings is 1. The van der Waals surface area contributed by atoms with Crippen molar-refractivity contribution < 1.29 is 4.79 Å². The summed E-state index contributed by atoms with van der Waals surface area (Å²) in [6.07, 6.45) is 2.97. The highest BCUT2D eigenvalue weighted by Crippen LogP contribution is 2.24. The number of carbonyl (C=O) groups is 1. The molecule has 1 amide bonds. The molecule has 0 aliphatic rings. The van der Waals surface area contributed by atoms with E-state index in [0.717, 1.165) is 4.88 Å². The molecule has 0 unspecified atom stereocenters. The Kier molecular flexibility index (Phi) is 5.65. The minimum absolute atomic E-state index is 0.147. The standard InChI is InChI=1S/C16H13ClN8OS2/c17-11-3-4-14(25-10-18-9-19-25)13(6-11)20-15(26)8-28-16-21-22-23-24(16)7-12-2-1-5-27-12/h1-6,9-10H,7-8H2,(H,20,26). The van der Waals surface area contributed by atoms with E-state index in [2.05, 4.69) is 30.9 Å². The summed E-state index contributed by atoms with van der Waals surface area (Å²) in [6, 6.07) is 9.14. The zero-order chi connectivity index (χ0) is 19.3. The van der Waals surface area contributed by atoms with Crippen molar-refractivity contribution in [1.29, 1.82) is 0 Å². The number of halogens is 1. The average Bonchev–Trinajstić information content (AvgIpc) is 3.44. The van der Waals surface area contributed by atoms with Crippen molar-refractivity contribution in [2.75, 3.05) is 11.1 Å². The maximum atomic E-state index is 12.5. The summed E-state index contributed by atoms with van der Waals surface area (Å²) < 4.78 is 3.23. The van der Waals surface area contributed by atoms with Crippen molar-refractivity contribution in [3.8, 4) is 5.69 Å². The van der Waals surface area contributed by atoms with Crippen LogP contribution in [0.5, 0.6) is 0 Å². The second kappa shape index (κ2) is 8.50. The van der Waals surface area contributed by atoms with Gasteiger partial charge in [-0.25, -0.2) is 14.3 Å². The quantitative estimate of drug-likeness (QED) is 0.448. The summed E-state index contributed by atoms with van der Waals surface area (Å²) in [6.45, 7) is 0.569. The highest BCUT2D eigenvalue weighted by Gasteiger charge is 2.13. The van der Waals surface area contributed by atoms with Gasteiger partial charge in [-0.2, -0.15) is 5.10 Å². The fourth-order valence-corrected chi connectivity index (χ4v) is 3.94. The maximum Gasteiger partial charge on any atom is 0.234 e. The van der Waals surface area contributed by atoms with Gasteiger partial charge < -0.3 is 5.32 Å². The molecular weight excluding hydrogens is 420 g/mol. The molecule has 0 fully saturated rings. The van der Waals surface area contributed by atoms with Crippen molar-refractivity contribution in [2.24, 2.45) is 0 Å². The van der Waals surface area contributed by atoms with Crippen LogP contribution < -0.4 is 5.32 Å². The lowest BCUT2D eigenvalue weighted by Crippen LogP contribution is -2.16. The number of nitrogens with zero attached hydrogens (tertiary/aromatic N) is 7. The Bertz CT molecular complexity index is 1060. The summed E-state index contributed by atoms with van der Waals surface area (Å²) in [5, 5.41) is 21.7. The number of thiophene rings is 1. The van der Waals surface area contributed by atoms with Crippen LogP contribution in [0.3, 0.4) is 0 Å². The highest BCUT2D eigenvalue weighted by molar-refractivity contribution is 7.99. The van der Waals surface area contributed by atoms with Crippen LogP contribution in [0, 0.1) is 0 Å². The molecule has 28 heavy (non-hydrogen) atoms. The topological polar surface area (TPSA) is 103 Å². The van der Waals surface area contributed by atoms with Gasteiger partial charge >= 0.3 is 0 Å². The second-order valence-corrected chi connectivity index (χ2v) is 7.95. The molecule has 0 saturated heterocycles. The number of carbonyl (C=O) groups excluding carboxylic acids is 1. The molecule has 4 aromatic rings. The summed E-state index contributed by atoms with van der Waals surface area (Å²) >= 11 is 8.97. The Balaban J connectivity index is 1.42. The number of tetrazole rings is 1. The van der Waals surface area contributed by atoms with Crippen LogP contribution in [0.2, 0.25) is 5.02 Å². The van der Waals surface area contributed by atoms with Gasteiger partial charge in [0.15, 0.2) is 0 Å². The second-order valence-electron chi connectivity index (χ2n) is 5.54. The monoisotopic (exact) mass is 432 g/mol. The first-order chi connectivity index (χ1) is 13.7. The number of anilines is 1. The Morgan fingerprint density at radius 3 is 3.04 bits per heavy atom. The van der Waals surface area contributed by atoms with E-state index >= 15 is 0 Å². The molecule has 4 rings (SSSR count). The predicted octanol–water partition coefficient (Wildman–Crippen LogP) is 2.75. The first-order valence-corrected chi connectivity index (χ1v) is 10.3. The van der Waals surface area contributed by atoms with Crippen LogP contribution in [0.15, 0.2) is 53.5 Å². The number of hydrogen-bond donors (Lipinski definition) is 1. The maximum absolute atomic E-state index is 12.5. The Morgan fingerprint density at radius 1 is 1.32 bits per heavy atom. The fraction of sp³-hybridized carbons (Fsp3) is 0.125. The van der Waals surface area contributed by atoms with Crippen LogP contribution >= 0.6 is 34.7 Å². The number of hydrogen-bond acceptors (Lipinski definition) is 8. The van der Waals surface area contributed by atoms with Gasteiger partial charge in [0.2, 0.25) is 11.1 Å². The number of nitrogens with one attached hydrogen (secondary N) is 1. The van der Waals surface area contributed by atoms with Crippen molar-refractivity contribution in [3.05, 3.63) is 58.3 Å². The van der Waals surface area contributed by atoms with Gasteiger partial charge in [-0.1, -0.05) is 29.4 Å². The summed E-state index contributed by atoms with van der Waals surface area (Å²) in [5.41, 5.74) is 1.21. The molecule has 1 N–H and O–H groups in total. The fourth-order valence-electron chi connectivity index (χ4n) is 2.41. The molecule has 0 radical (unpaired) electrons. The smallest absolute Gasteiger partial charge is 0.234 e. The van der Waals surface area contributed by atoms with E-state index in [1.807, 2.05) is 17.5 Å². The van der Waals surface area contributed by atoms with Gasteiger partial charge in [0.05, 0.1) is 23.7 Å². The largest absolute Gasteiger partial charge is 0.323 e. The van der Waals surface area contributed by atoms with E-state index in [1.54, 1.807) is 45.2 Å². The first-order valence-electron chi connectivity index (χ1n) is 8.05. The number of thioether (sulfide) groups is 1. The van der Waals surface area contributed by atoms with Crippen LogP contribution in [-0.4, -0.2) is 46.6 Å². The third-order valence-electron chi connectivity index (χ3n) is 3.62. The van der Waals surface area contributed by atoms with Crippen molar-refractivity contribution in [1.82, 2.24) is 35.0 Å². The lowest BCUT2D eigenvalue weighted by Gasteiger charge is -2.11. The molecule has 0 atom stereocenters. The van der Waals surface area contributed by atoms with Crippen molar-refractivity contribution in [2.45, 2.75) is 11.7 Å². The molecule has 0 aliphatic heterocycles. The van der Waals surface area contributed by atoms with Crippen LogP contribution in [-0.2, 0) is 11.3 Å². The highest BCUT2D eigenvalue weighted by atomic mass is 35.5. The van der Waals surface area contributed by atoms with E-state index in [0.29, 0.717) is 28.1 Å². The zero-order valence-electron chi connectivity index (χ0n) is 14.3. The number of aromatic nitrogens is 7. The lowest BCUT2D eigenvalue weighted by atomic mass is 10.2. The number of amides is 1. The zero-order valence-corrected chi connectivity index (χ0v) is 16.7. The predicted molar refractivity (Wildman–Crippen MR) is 107 cm³/mol. The molecule has 3 heterocycles. The molecular formula is C16H13ClN8OS2. The Hall–Kier alpha value is -2.76. The minimum Gasteiger partial charge on any atom is -0.323 e. The summed E-state index contributed by atoms with van der Waals surface area (Å²) in [5.74, 6) is -0.0620. The molecule has 0 bridgehead atoms. The molecule has 12 heteroatoms. The molecule has 142 valence electrons. The van der Waals surface area contributed by atoms with Crippen molar-refractivity contribution in [3.63, 3.8) is 0 Å². The van der Waals surface area contributed by atoms with Gasteiger partial charge in [-0.3, -0.25) is 4.79 Å². The summed E-state index contributed by atoms with van der Waals surface area (Å²) in [4.78, 5) is 17.5. The number of rotatable bonds is 7. The van der Waals surface area contributed by atoms with Crippen molar-refractivity contribution >= 4 is 46.3 Å². The third-order valence-corrected chi connectivity index (χ3v) is 5.67. The van der Waals surface area contributed by atoms with Crippen LogP contribution in [0.1, 0.15) is 4.88 Å². The molecule has 1 aromatic carbocycles. The van der Waals surface area contributed by atoms with E-state index < -0.39 is 0 Å². The van der Waals surface area contributed by atoms with E-state index in [1.165, 1.54) is 18.1 Å². The van der Waals surface area contributed by atoms with Crippen LogP contribution in [0.4, 0.5) is 5.69 Å². The van der Waals surface area contributed by atoms with Crippen LogP contribution in [0.25, 0.3) is 5.69 Å². The normalized spacial score (nSPS) is 10.9. The van der Waals surface area contributed by atoms with Gasteiger partial charge in [0.25, 0.3) is 0 Å². The SMILES string of the molecule is O=C(CSc1nnnn1Cc1cccs1)Nc1cc(Cl)ccc1-n1cncn1. The van der Waals surface area contributed by atoms with E-state index in [9.17, 15) is 4.79 Å². The molecule has 0 aliphatic carbocycles. The lowest BCUT2D eigenvalue weighted by molar-refractivity contribution is -0.113. The Morgan fingerprint density at radius 2 is 2.25 bits per heavy atom. The molecule has 3 aromatic heterocycles. The van der Waals surface area contributed by atoms with Gasteiger partial charge in [0, 0.05) is 9.90 Å². The third kappa shape index (κ3) is 4.38. The minimum atomic E-state index is -0.209. The van der Waals surface area contributed by atoms with E-state index in [-0.39, 0.29) is 11.7 Å². The molecule has 9 nitrogen and oxygen atoms in total. The van der Waals surface area contributed by atoms with Gasteiger partial charge in [0.1, 0.15) is 12.7 Å². The van der Waals surface area contributed by atoms with Gasteiger partial charge in [-0.05, 0) is 40.1 Å². The van der Waals surface area contributed by atoms with E-state index in [4.69, 9.17) is 11.6 Å². The average molecular weight is 433 g/mol. The summed E-state index contributed by atoms with van der Waals surface area (Å²) in [7, 11) is 0. The van der Waals surface area contributed by atoms with Gasteiger partial charge in [-0.15, -0.1) is 16.4 Å². The first kappa shape index (κ1) is 18.6. The molecule has 0 saturated carbocycles. The Labute approximate surface area is 172 Å². The molecule has 0 spiro atoms.